The molecule has 0 saturated carbocycles. The summed E-state index contributed by atoms with van der Waals surface area (Å²) in [7, 11) is 0. The molecule has 22 heavy (non-hydrogen) atoms. The highest BCUT2D eigenvalue weighted by Crippen LogP contribution is 2.16. The zero-order valence-corrected chi connectivity index (χ0v) is 14.3. The highest BCUT2D eigenvalue weighted by Gasteiger charge is 2.31. The van der Waals surface area contributed by atoms with Crippen LogP contribution in [-0.2, 0) is 9.53 Å². The first kappa shape index (κ1) is 17.1. The van der Waals surface area contributed by atoms with Crippen molar-refractivity contribution in [2.75, 3.05) is 39.3 Å². The zero-order valence-electron chi connectivity index (χ0n) is 14.3. The number of carbonyl (C=O) groups is 2. The number of hydrogen-bond acceptors (Lipinski definition) is 4. The lowest BCUT2D eigenvalue weighted by molar-refractivity contribution is -0.132. The molecule has 0 aromatic rings. The number of rotatable bonds is 2. The molecular weight excluding hydrogens is 282 g/mol. The lowest BCUT2D eigenvalue weighted by atomic mass is 10.2. The summed E-state index contributed by atoms with van der Waals surface area (Å²) in [4.78, 5) is 30.2. The molecule has 0 bridgehead atoms. The minimum Gasteiger partial charge on any atom is -0.444 e. The van der Waals surface area contributed by atoms with Crippen LogP contribution in [-0.4, -0.2) is 77.6 Å². The van der Waals surface area contributed by atoms with Crippen LogP contribution in [0.25, 0.3) is 0 Å². The molecule has 0 N–H and O–H groups in total. The Morgan fingerprint density at radius 1 is 1.05 bits per heavy atom. The fraction of sp³-hybridized carbons (Fsp3) is 0.875. The van der Waals surface area contributed by atoms with E-state index < -0.39 is 5.60 Å². The van der Waals surface area contributed by atoms with Crippen LogP contribution in [0.1, 0.15) is 40.5 Å². The maximum atomic E-state index is 12.2. The van der Waals surface area contributed by atoms with E-state index in [4.69, 9.17) is 4.74 Å². The van der Waals surface area contributed by atoms with Gasteiger partial charge in [0.05, 0.1) is 6.54 Å². The fourth-order valence-electron chi connectivity index (χ4n) is 2.96. The van der Waals surface area contributed by atoms with Gasteiger partial charge in [-0.15, -0.1) is 0 Å². The Morgan fingerprint density at radius 3 is 2.23 bits per heavy atom. The van der Waals surface area contributed by atoms with E-state index in [1.54, 1.807) is 4.90 Å². The molecule has 2 saturated heterocycles. The second-order valence-electron chi connectivity index (χ2n) is 7.33. The summed E-state index contributed by atoms with van der Waals surface area (Å²) in [5.41, 5.74) is -0.469. The summed E-state index contributed by atoms with van der Waals surface area (Å²) in [6.45, 7) is 11.9. The van der Waals surface area contributed by atoms with Gasteiger partial charge in [0.15, 0.2) is 0 Å². The molecule has 2 fully saturated rings. The molecule has 0 spiro atoms. The van der Waals surface area contributed by atoms with Crippen molar-refractivity contribution in [3.05, 3.63) is 0 Å². The smallest absolute Gasteiger partial charge is 0.410 e. The maximum absolute atomic E-state index is 12.2. The number of nitrogens with zero attached hydrogens (tertiary/aromatic N) is 3. The zero-order chi connectivity index (χ0) is 16.3. The maximum Gasteiger partial charge on any atom is 0.410 e. The van der Waals surface area contributed by atoms with Crippen molar-refractivity contribution in [3.63, 3.8) is 0 Å². The Bertz CT molecular complexity index is 413. The SMILES string of the molecule is CC1CN(C(=O)OC(C)(C)C)CCN1CC(=O)N1CCCC1. The number of amides is 2. The molecule has 2 aliphatic heterocycles. The van der Waals surface area contributed by atoms with Gasteiger partial charge in [-0.05, 0) is 40.5 Å². The summed E-state index contributed by atoms with van der Waals surface area (Å²) >= 11 is 0. The van der Waals surface area contributed by atoms with Crippen LogP contribution < -0.4 is 0 Å². The summed E-state index contributed by atoms with van der Waals surface area (Å²) in [5.74, 6) is 0.218. The van der Waals surface area contributed by atoms with E-state index in [1.165, 1.54) is 0 Å². The number of likely N-dealkylation sites (tertiary alicyclic amines) is 1. The van der Waals surface area contributed by atoms with Crippen LogP contribution in [0.5, 0.6) is 0 Å². The van der Waals surface area contributed by atoms with E-state index in [1.807, 2.05) is 25.7 Å². The van der Waals surface area contributed by atoms with Gasteiger partial charge < -0.3 is 14.5 Å². The van der Waals surface area contributed by atoms with Crippen molar-refractivity contribution in [1.29, 1.82) is 0 Å². The number of hydrogen-bond donors (Lipinski definition) is 0. The first-order valence-electron chi connectivity index (χ1n) is 8.26. The summed E-state index contributed by atoms with van der Waals surface area (Å²) in [6, 6.07) is 0.174. The Morgan fingerprint density at radius 2 is 1.68 bits per heavy atom. The van der Waals surface area contributed by atoms with Gasteiger partial charge in [0.2, 0.25) is 5.91 Å². The summed E-state index contributed by atoms with van der Waals surface area (Å²) < 4.78 is 5.42. The molecule has 126 valence electrons. The monoisotopic (exact) mass is 311 g/mol. The van der Waals surface area contributed by atoms with E-state index in [0.29, 0.717) is 19.6 Å². The predicted molar refractivity (Wildman–Crippen MR) is 84.7 cm³/mol. The molecule has 2 amide bonds. The normalized spacial score (nSPS) is 23.7. The average molecular weight is 311 g/mol. The van der Waals surface area contributed by atoms with Crippen molar-refractivity contribution in [3.8, 4) is 0 Å². The molecule has 0 aromatic carbocycles. The number of carbonyl (C=O) groups excluding carboxylic acids is 2. The number of piperazine rings is 1. The fourth-order valence-corrected chi connectivity index (χ4v) is 2.96. The van der Waals surface area contributed by atoms with E-state index in [2.05, 4.69) is 11.8 Å². The van der Waals surface area contributed by atoms with Gasteiger partial charge in [-0.2, -0.15) is 0 Å². The van der Waals surface area contributed by atoms with Crippen molar-refractivity contribution >= 4 is 12.0 Å². The van der Waals surface area contributed by atoms with Crippen LogP contribution in [0, 0.1) is 0 Å². The first-order valence-corrected chi connectivity index (χ1v) is 8.26. The van der Waals surface area contributed by atoms with E-state index in [-0.39, 0.29) is 18.0 Å². The molecule has 0 aromatic heterocycles. The lowest BCUT2D eigenvalue weighted by Crippen LogP contribution is -2.56. The van der Waals surface area contributed by atoms with Crippen molar-refractivity contribution in [2.24, 2.45) is 0 Å². The van der Waals surface area contributed by atoms with Crippen LogP contribution >= 0.6 is 0 Å². The lowest BCUT2D eigenvalue weighted by Gasteiger charge is -2.40. The Hall–Kier alpha value is -1.30. The van der Waals surface area contributed by atoms with Gasteiger partial charge in [0, 0.05) is 38.8 Å². The van der Waals surface area contributed by atoms with Crippen LogP contribution in [0.4, 0.5) is 4.79 Å². The minimum atomic E-state index is -0.469. The molecule has 2 aliphatic rings. The highest BCUT2D eigenvalue weighted by atomic mass is 16.6. The molecule has 1 unspecified atom stereocenters. The van der Waals surface area contributed by atoms with Gasteiger partial charge in [-0.3, -0.25) is 9.69 Å². The molecular formula is C16H29N3O3. The minimum absolute atomic E-state index is 0.174. The predicted octanol–water partition coefficient (Wildman–Crippen LogP) is 1.55. The quantitative estimate of drug-likeness (QED) is 0.776. The van der Waals surface area contributed by atoms with Gasteiger partial charge in [-0.1, -0.05) is 0 Å². The third-order valence-electron chi connectivity index (χ3n) is 4.21. The van der Waals surface area contributed by atoms with E-state index >= 15 is 0 Å². The second kappa shape index (κ2) is 6.86. The van der Waals surface area contributed by atoms with Gasteiger partial charge >= 0.3 is 6.09 Å². The van der Waals surface area contributed by atoms with Crippen molar-refractivity contribution in [2.45, 2.75) is 52.2 Å². The molecule has 6 nitrogen and oxygen atoms in total. The molecule has 1 atom stereocenters. The Balaban J connectivity index is 1.82. The van der Waals surface area contributed by atoms with Crippen LogP contribution in [0.2, 0.25) is 0 Å². The summed E-state index contributed by atoms with van der Waals surface area (Å²) in [6.07, 6.45) is 1.98. The van der Waals surface area contributed by atoms with E-state index in [9.17, 15) is 9.59 Å². The van der Waals surface area contributed by atoms with Gasteiger partial charge in [-0.25, -0.2) is 4.79 Å². The standard InChI is InChI=1S/C16H29N3O3/c1-13-11-19(15(21)22-16(2,3)4)10-9-18(13)12-14(20)17-7-5-6-8-17/h13H,5-12H2,1-4H3. The first-order chi connectivity index (χ1) is 10.3. The molecule has 6 heteroatoms. The van der Waals surface area contributed by atoms with Gasteiger partial charge in [0.1, 0.15) is 5.60 Å². The Kier molecular flexibility index (Phi) is 5.32. The highest BCUT2D eigenvalue weighted by molar-refractivity contribution is 5.78. The van der Waals surface area contributed by atoms with Crippen LogP contribution in [0.3, 0.4) is 0 Å². The van der Waals surface area contributed by atoms with Crippen LogP contribution in [0.15, 0.2) is 0 Å². The molecule has 0 radical (unpaired) electrons. The van der Waals surface area contributed by atoms with E-state index in [0.717, 1.165) is 32.5 Å². The van der Waals surface area contributed by atoms with Crippen molar-refractivity contribution < 1.29 is 14.3 Å². The molecule has 2 heterocycles. The average Bonchev–Trinajstić information content (AvgIpc) is 2.93. The summed E-state index contributed by atoms with van der Waals surface area (Å²) in [5, 5.41) is 0. The topological polar surface area (TPSA) is 53.1 Å². The third kappa shape index (κ3) is 4.60. The molecule has 2 rings (SSSR count). The second-order valence-corrected chi connectivity index (χ2v) is 7.33. The molecule has 0 aliphatic carbocycles. The Labute approximate surface area is 133 Å². The van der Waals surface area contributed by atoms with Crippen molar-refractivity contribution in [1.82, 2.24) is 14.7 Å². The largest absolute Gasteiger partial charge is 0.444 e. The number of ether oxygens (including phenoxy) is 1. The van der Waals surface area contributed by atoms with Gasteiger partial charge in [0.25, 0.3) is 0 Å². The third-order valence-corrected chi connectivity index (χ3v) is 4.21.